The molecule has 4 heteroatoms. The van der Waals surface area contributed by atoms with E-state index < -0.39 is 18.3 Å². The molecule has 1 fully saturated rings. The van der Waals surface area contributed by atoms with E-state index in [0.29, 0.717) is 5.39 Å². The van der Waals surface area contributed by atoms with Crippen molar-refractivity contribution >= 4 is 23.4 Å². The lowest BCUT2D eigenvalue weighted by atomic mass is 9.76. The zero-order chi connectivity index (χ0) is 14.5. The van der Waals surface area contributed by atoms with E-state index in [4.69, 9.17) is 9.31 Å². The van der Waals surface area contributed by atoms with Gasteiger partial charge in [0.25, 0.3) is 0 Å². The summed E-state index contributed by atoms with van der Waals surface area (Å²) in [4.78, 5) is 0. The summed E-state index contributed by atoms with van der Waals surface area (Å²) in [6.45, 7) is 7.98. The zero-order valence-corrected chi connectivity index (χ0v) is 12.2. The van der Waals surface area contributed by atoms with Crippen molar-refractivity contribution in [3.05, 3.63) is 42.2 Å². The van der Waals surface area contributed by atoms with Crippen LogP contribution >= 0.6 is 0 Å². The quantitative estimate of drug-likeness (QED) is 0.742. The first kappa shape index (κ1) is 13.6. The summed E-state index contributed by atoms with van der Waals surface area (Å²) >= 11 is 0. The van der Waals surface area contributed by atoms with Crippen LogP contribution in [0.15, 0.2) is 36.4 Å². The van der Waals surface area contributed by atoms with E-state index in [1.807, 2.05) is 52.0 Å². The Morgan fingerprint density at radius 1 is 0.900 bits per heavy atom. The summed E-state index contributed by atoms with van der Waals surface area (Å²) in [6.07, 6.45) is 0. The highest BCUT2D eigenvalue weighted by Crippen LogP contribution is 2.37. The molecule has 1 aliphatic heterocycles. The van der Waals surface area contributed by atoms with E-state index in [1.54, 1.807) is 6.07 Å². The largest absolute Gasteiger partial charge is 0.495 e. The molecule has 0 radical (unpaired) electrons. The van der Waals surface area contributed by atoms with Gasteiger partial charge in [-0.1, -0.05) is 30.3 Å². The smallest absolute Gasteiger partial charge is 0.399 e. The van der Waals surface area contributed by atoms with Crippen LogP contribution in [0.1, 0.15) is 27.7 Å². The lowest BCUT2D eigenvalue weighted by molar-refractivity contribution is 0.00578. The number of benzene rings is 2. The molecule has 2 aromatic carbocycles. The minimum absolute atomic E-state index is 0.243. The molecule has 0 aliphatic carbocycles. The lowest BCUT2D eigenvalue weighted by Gasteiger charge is -2.32. The molecule has 0 aromatic heterocycles. The fourth-order valence-corrected chi connectivity index (χ4v) is 2.49. The number of hydrogen-bond acceptors (Lipinski definition) is 2. The molecule has 0 amide bonds. The van der Waals surface area contributed by atoms with Gasteiger partial charge in [-0.3, -0.25) is 0 Å². The number of hydrogen-bond donors (Lipinski definition) is 0. The summed E-state index contributed by atoms with van der Waals surface area (Å²) in [7, 11) is -0.541. The minimum atomic E-state index is -0.541. The normalized spacial score (nSPS) is 20.6. The molecule has 0 N–H and O–H groups in total. The molecule has 0 spiro atoms. The predicted molar refractivity (Wildman–Crippen MR) is 79.6 cm³/mol. The molecule has 3 rings (SSSR count). The number of rotatable bonds is 1. The first-order valence-electron chi connectivity index (χ1n) is 6.85. The summed E-state index contributed by atoms with van der Waals surface area (Å²) in [5, 5.41) is 1.44. The Bertz CT molecular complexity index is 645. The van der Waals surface area contributed by atoms with E-state index >= 15 is 0 Å². The van der Waals surface area contributed by atoms with Crippen LogP contribution in [0.2, 0.25) is 0 Å². The molecule has 0 atom stereocenters. The molecule has 2 nitrogen and oxygen atoms in total. The van der Waals surface area contributed by atoms with Crippen molar-refractivity contribution in [2.24, 2.45) is 0 Å². The van der Waals surface area contributed by atoms with E-state index in [0.717, 1.165) is 10.8 Å². The van der Waals surface area contributed by atoms with Crippen LogP contribution in [-0.4, -0.2) is 18.3 Å². The second-order valence-corrected chi connectivity index (χ2v) is 6.27. The molecule has 0 saturated carbocycles. The van der Waals surface area contributed by atoms with Crippen molar-refractivity contribution in [2.75, 3.05) is 0 Å². The topological polar surface area (TPSA) is 18.5 Å². The maximum absolute atomic E-state index is 14.2. The fraction of sp³-hybridized carbons (Fsp3) is 0.375. The van der Waals surface area contributed by atoms with Gasteiger partial charge < -0.3 is 9.31 Å². The van der Waals surface area contributed by atoms with Crippen molar-refractivity contribution in [2.45, 2.75) is 38.9 Å². The molecule has 0 bridgehead atoms. The molecule has 1 heterocycles. The van der Waals surface area contributed by atoms with Gasteiger partial charge >= 0.3 is 7.12 Å². The highest BCUT2D eigenvalue weighted by molar-refractivity contribution is 6.65. The molecule has 1 saturated heterocycles. The molecule has 104 valence electrons. The number of fused-ring (bicyclic) bond motifs is 1. The van der Waals surface area contributed by atoms with Crippen LogP contribution in [0.5, 0.6) is 0 Å². The standard InChI is InChI=1S/C16H18BFO2/c1-15(2)16(3,4)20-17(19-15)12-9-5-7-11-8-6-10-13(18)14(11)12/h5-10H,1-4H3. The Hall–Kier alpha value is -1.39. The van der Waals surface area contributed by atoms with Gasteiger partial charge in [0.15, 0.2) is 0 Å². The Kier molecular flexibility index (Phi) is 2.92. The Morgan fingerprint density at radius 2 is 1.45 bits per heavy atom. The van der Waals surface area contributed by atoms with Crippen LogP contribution in [0.4, 0.5) is 4.39 Å². The van der Waals surface area contributed by atoms with Gasteiger partial charge in [-0.25, -0.2) is 4.39 Å². The van der Waals surface area contributed by atoms with Gasteiger partial charge in [-0.2, -0.15) is 0 Å². The second-order valence-electron chi connectivity index (χ2n) is 6.27. The van der Waals surface area contributed by atoms with Crippen molar-refractivity contribution in [1.82, 2.24) is 0 Å². The summed E-state index contributed by atoms with van der Waals surface area (Å²) in [6, 6.07) is 10.7. The van der Waals surface area contributed by atoms with Gasteiger partial charge in [0.05, 0.1) is 11.2 Å². The first-order valence-corrected chi connectivity index (χ1v) is 6.85. The molecular weight excluding hydrogens is 254 g/mol. The minimum Gasteiger partial charge on any atom is -0.399 e. The zero-order valence-electron chi connectivity index (χ0n) is 12.2. The van der Waals surface area contributed by atoms with Crippen LogP contribution < -0.4 is 5.46 Å². The Labute approximate surface area is 119 Å². The number of halogens is 1. The average Bonchev–Trinajstić information content (AvgIpc) is 2.58. The molecule has 1 aliphatic rings. The third-order valence-corrected chi connectivity index (χ3v) is 4.39. The monoisotopic (exact) mass is 272 g/mol. The van der Waals surface area contributed by atoms with E-state index in [-0.39, 0.29) is 5.82 Å². The first-order chi connectivity index (χ1) is 9.32. The van der Waals surface area contributed by atoms with Crippen LogP contribution in [-0.2, 0) is 9.31 Å². The van der Waals surface area contributed by atoms with E-state index in [9.17, 15) is 4.39 Å². The third-order valence-electron chi connectivity index (χ3n) is 4.39. The van der Waals surface area contributed by atoms with Crippen molar-refractivity contribution in [3.8, 4) is 0 Å². The van der Waals surface area contributed by atoms with Gasteiger partial charge in [-0.05, 0) is 44.6 Å². The van der Waals surface area contributed by atoms with E-state index in [1.165, 1.54) is 6.07 Å². The van der Waals surface area contributed by atoms with Crippen molar-refractivity contribution in [1.29, 1.82) is 0 Å². The lowest BCUT2D eigenvalue weighted by Crippen LogP contribution is -2.41. The van der Waals surface area contributed by atoms with Crippen molar-refractivity contribution < 1.29 is 13.7 Å². The molecule has 0 unspecified atom stereocenters. The summed E-state index contributed by atoms with van der Waals surface area (Å²) in [5.41, 5.74) is -0.102. The van der Waals surface area contributed by atoms with Gasteiger partial charge in [0, 0.05) is 5.39 Å². The van der Waals surface area contributed by atoms with Crippen molar-refractivity contribution in [3.63, 3.8) is 0 Å². The average molecular weight is 272 g/mol. The maximum Gasteiger partial charge on any atom is 0.495 e. The van der Waals surface area contributed by atoms with Crippen LogP contribution in [0, 0.1) is 5.82 Å². The summed E-state index contributed by atoms with van der Waals surface area (Å²) < 4.78 is 26.2. The van der Waals surface area contributed by atoms with E-state index in [2.05, 4.69) is 0 Å². The second kappa shape index (κ2) is 4.30. The Morgan fingerprint density at radius 3 is 2.05 bits per heavy atom. The molecular formula is C16H18BFO2. The third kappa shape index (κ3) is 1.95. The highest BCUT2D eigenvalue weighted by atomic mass is 19.1. The Balaban J connectivity index is 2.13. The fourth-order valence-electron chi connectivity index (χ4n) is 2.49. The van der Waals surface area contributed by atoms with Crippen LogP contribution in [0.25, 0.3) is 10.8 Å². The predicted octanol–water partition coefficient (Wildman–Crippen LogP) is 3.28. The molecule has 20 heavy (non-hydrogen) atoms. The maximum atomic E-state index is 14.2. The SMILES string of the molecule is CC1(C)OB(c2cccc3cccc(F)c23)OC1(C)C. The molecule has 2 aromatic rings. The van der Waals surface area contributed by atoms with Crippen LogP contribution in [0.3, 0.4) is 0 Å². The summed E-state index contributed by atoms with van der Waals surface area (Å²) in [5.74, 6) is -0.243. The van der Waals surface area contributed by atoms with Gasteiger partial charge in [-0.15, -0.1) is 0 Å². The van der Waals surface area contributed by atoms with Gasteiger partial charge in [0.2, 0.25) is 0 Å². The van der Waals surface area contributed by atoms with Gasteiger partial charge in [0.1, 0.15) is 5.82 Å². The highest BCUT2D eigenvalue weighted by Gasteiger charge is 2.52.